The number of ether oxygens (including phenoxy) is 1. The number of rotatable bonds is 1. The second-order valence-electron chi connectivity index (χ2n) is 4.01. The highest BCUT2D eigenvalue weighted by Gasteiger charge is 2.36. The summed E-state index contributed by atoms with van der Waals surface area (Å²) in [6.07, 6.45) is 0. The first-order chi connectivity index (χ1) is 9.53. The van der Waals surface area contributed by atoms with Gasteiger partial charge in [0.15, 0.2) is 0 Å². The van der Waals surface area contributed by atoms with Crippen LogP contribution in [0.2, 0.25) is 0 Å². The van der Waals surface area contributed by atoms with Crippen LogP contribution in [-0.2, 0) is 0 Å². The first kappa shape index (κ1) is 14.9. The zero-order valence-corrected chi connectivity index (χ0v) is 14.2. The van der Waals surface area contributed by atoms with Crippen molar-refractivity contribution >= 4 is 45.2 Å². The average Bonchev–Trinajstić information content (AvgIpc) is 2.41. The summed E-state index contributed by atoms with van der Waals surface area (Å²) in [6, 6.07) is 9.51. The van der Waals surface area contributed by atoms with Gasteiger partial charge in [-0.1, -0.05) is 0 Å². The van der Waals surface area contributed by atoms with Gasteiger partial charge in [-0.25, -0.2) is 0 Å². The number of hydrogen-bond acceptors (Lipinski definition) is 5. The SMILES string of the molecule is N#CC1=C(N)Oc2c(I)cc(I)cc2C1C(C#N)C#N. The number of nitrogens with two attached hydrogens (primary N) is 1. The van der Waals surface area contributed by atoms with Gasteiger partial charge in [0.1, 0.15) is 17.7 Å². The van der Waals surface area contributed by atoms with Gasteiger partial charge in [-0.3, -0.25) is 0 Å². The molecule has 0 bridgehead atoms. The van der Waals surface area contributed by atoms with E-state index in [0.29, 0.717) is 11.3 Å². The van der Waals surface area contributed by atoms with Gasteiger partial charge in [0.05, 0.1) is 27.2 Å². The van der Waals surface area contributed by atoms with Crippen LogP contribution in [0.25, 0.3) is 0 Å². The minimum Gasteiger partial charge on any atom is -0.439 e. The molecule has 0 radical (unpaired) electrons. The Balaban J connectivity index is 2.75. The molecule has 1 atom stereocenters. The summed E-state index contributed by atoms with van der Waals surface area (Å²) in [5, 5.41) is 27.5. The summed E-state index contributed by atoms with van der Waals surface area (Å²) in [5.74, 6) is -1.19. The van der Waals surface area contributed by atoms with Crippen molar-refractivity contribution in [2.75, 3.05) is 0 Å². The number of nitriles is 3. The molecule has 0 saturated carbocycles. The molecule has 0 spiro atoms. The van der Waals surface area contributed by atoms with Crippen molar-refractivity contribution in [1.29, 1.82) is 15.8 Å². The molecule has 1 aliphatic heterocycles. The quantitative estimate of drug-likeness (QED) is 0.613. The topological polar surface area (TPSA) is 107 Å². The third-order valence-electron chi connectivity index (χ3n) is 2.89. The van der Waals surface area contributed by atoms with Crippen LogP contribution in [0.4, 0.5) is 0 Å². The van der Waals surface area contributed by atoms with Crippen LogP contribution < -0.4 is 10.5 Å². The Bertz CT molecular complexity index is 722. The maximum atomic E-state index is 9.25. The lowest BCUT2D eigenvalue weighted by Crippen LogP contribution is -2.24. The minimum absolute atomic E-state index is 0.0420. The Morgan fingerprint density at radius 1 is 1.20 bits per heavy atom. The van der Waals surface area contributed by atoms with Gasteiger partial charge in [0.2, 0.25) is 5.88 Å². The molecule has 20 heavy (non-hydrogen) atoms. The van der Waals surface area contributed by atoms with Crippen molar-refractivity contribution < 1.29 is 4.74 Å². The number of nitrogens with zero attached hydrogens (tertiary/aromatic N) is 3. The predicted octanol–water partition coefficient (Wildman–Crippen LogP) is 2.73. The van der Waals surface area contributed by atoms with E-state index in [4.69, 9.17) is 21.0 Å². The van der Waals surface area contributed by atoms with Crippen molar-refractivity contribution in [1.82, 2.24) is 0 Å². The predicted molar refractivity (Wildman–Crippen MR) is 86.8 cm³/mol. The van der Waals surface area contributed by atoms with E-state index in [1.807, 2.05) is 30.3 Å². The smallest absolute Gasteiger partial charge is 0.205 e. The Kier molecular flexibility index (Phi) is 4.36. The fourth-order valence-electron chi connectivity index (χ4n) is 2.04. The van der Waals surface area contributed by atoms with E-state index >= 15 is 0 Å². The van der Waals surface area contributed by atoms with E-state index in [2.05, 4.69) is 45.2 Å². The second kappa shape index (κ2) is 5.86. The molecule has 5 nitrogen and oxygen atoms in total. The Morgan fingerprint density at radius 2 is 1.85 bits per heavy atom. The molecule has 7 heteroatoms. The van der Waals surface area contributed by atoms with Crippen LogP contribution in [-0.4, -0.2) is 0 Å². The molecule has 1 aliphatic rings. The van der Waals surface area contributed by atoms with Crippen molar-refractivity contribution in [3.63, 3.8) is 0 Å². The Hall–Kier alpha value is -1.51. The highest BCUT2D eigenvalue weighted by atomic mass is 127. The van der Waals surface area contributed by atoms with E-state index < -0.39 is 11.8 Å². The lowest BCUT2D eigenvalue weighted by atomic mass is 9.80. The fourth-order valence-corrected chi connectivity index (χ4v) is 4.04. The van der Waals surface area contributed by atoms with Gasteiger partial charge in [-0.05, 0) is 57.3 Å². The van der Waals surface area contributed by atoms with Gasteiger partial charge in [0.25, 0.3) is 0 Å². The number of halogens is 2. The molecule has 0 aliphatic carbocycles. The summed E-state index contributed by atoms with van der Waals surface area (Å²) in [4.78, 5) is 0. The first-order valence-corrected chi connectivity index (χ1v) is 7.55. The van der Waals surface area contributed by atoms with E-state index in [1.165, 1.54) is 0 Å². The van der Waals surface area contributed by atoms with Crippen molar-refractivity contribution in [2.45, 2.75) is 5.92 Å². The molecule has 0 amide bonds. The molecule has 2 rings (SSSR count). The summed E-state index contributed by atoms with van der Waals surface area (Å²) in [7, 11) is 0. The van der Waals surface area contributed by atoms with E-state index in [-0.39, 0.29) is 11.5 Å². The molecule has 2 N–H and O–H groups in total. The lowest BCUT2D eigenvalue weighted by molar-refractivity contribution is 0.380. The van der Waals surface area contributed by atoms with Crippen LogP contribution >= 0.6 is 45.2 Å². The molecule has 0 aromatic heterocycles. The highest BCUT2D eigenvalue weighted by molar-refractivity contribution is 14.1. The number of allylic oxidation sites excluding steroid dienone is 1. The first-order valence-electron chi connectivity index (χ1n) is 5.39. The maximum absolute atomic E-state index is 9.25. The second-order valence-corrected chi connectivity index (χ2v) is 6.42. The van der Waals surface area contributed by atoms with Crippen molar-refractivity contribution in [2.24, 2.45) is 11.7 Å². The third kappa shape index (κ3) is 2.41. The molecule has 98 valence electrons. The summed E-state index contributed by atoms with van der Waals surface area (Å²) < 4.78 is 7.26. The van der Waals surface area contributed by atoms with Gasteiger partial charge in [0, 0.05) is 9.13 Å². The van der Waals surface area contributed by atoms with Crippen LogP contribution in [0.5, 0.6) is 5.75 Å². The van der Waals surface area contributed by atoms with Gasteiger partial charge in [-0.2, -0.15) is 15.8 Å². The standard InChI is InChI=1S/C13H6I2N4O/c14-7-1-8-11(6(3-16)4-17)9(5-18)13(19)20-12(8)10(15)2-7/h1-2,6,11H,19H2. The van der Waals surface area contributed by atoms with Crippen molar-refractivity contribution in [3.05, 3.63) is 36.3 Å². The molecular weight excluding hydrogens is 482 g/mol. The molecule has 1 unspecified atom stereocenters. The van der Waals surface area contributed by atoms with Crippen LogP contribution in [0, 0.1) is 47.1 Å². The van der Waals surface area contributed by atoms with Crippen LogP contribution in [0.15, 0.2) is 23.6 Å². The normalized spacial score (nSPS) is 16.7. The summed E-state index contributed by atoms with van der Waals surface area (Å²) >= 11 is 4.24. The maximum Gasteiger partial charge on any atom is 0.205 e. The monoisotopic (exact) mass is 488 g/mol. The fraction of sp³-hybridized carbons (Fsp3) is 0.154. The van der Waals surface area contributed by atoms with E-state index in [0.717, 1.165) is 7.14 Å². The number of hydrogen-bond donors (Lipinski definition) is 1. The number of fused-ring (bicyclic) bond motifs is 1. The molecule has 0 fully saturated rings. The average molecular weight is 488 g/mol. The number of benzene rings is 1. The van der Waals surface area contributed by atoms with Gasteiger partial charge >= 0.3 is 0 Å². The molecule has 1 heterocycles. The zero-order chi connectivity index (χ0) is 14.9. The van der Waals surface area contributed by atoms with Crippen LogP contribution in [0.1, 0.15) is 11.5 Å². The Labute approximate surface area is 142 Å². The van der Waals surface area contributed by atoms with Gasteiger partial charge < -0.3 is 10.5 Å². The summed E-state index contributed by atoms with van der Waals surface area (Å²) in [5.41, 5.74) is 6.54. The largest absolute Gasteiger partial charge is 0.439 e. The lowest BCUT2D eigenvalue weighted by Gasteiger charge is -2.27. The molecule has 0 saturated heterocycles. The summed E-state index contributed by atoms with van der Waals surface area (Å²) in [6.45, 7) is 0. The molecule has 1 aromatic carbocycles. The zero-order valence-electron chi connectivity index (χ0n) is 9.89. The minimum atomic E-state index is -0.986. The van der Waals surface area contributed by atoms with Gasteiger partial charge in [-0.15, -0.1) is 0 Å². The highest BCUT2D eigenvalue weighted by Crippen LogP contribution is 2.44. The van der Waals surface area contributed by atoms with E-state index in [9.17, 15) is 5.26 Å². The third-order valence-corrected chi connectivity index (χ3v) is 4.32. The Morgan fingerprint density at radius 3 is 2.40 bits per heavy atom. The van der Waals surface area contributed by atoms with Crippen LogP contribution in [0.3, 0.4) is 0 Å². The molecule has 1 aromatic rings. The van der Waals surface area contributed by atoms with E-state index in [1.54, 1.807) is 0 Å². The molecular formula is C13H6I2N4O. The van der Waals surface area contributed by atoms with Crippen molar-refractivity contribution in [3.8, 4) is 24.0 Å².